The van der Waals surface area contributed by atoms with Crippen LogP contribution in [0, 0.1) is 5.82 Å². The Morgan fingerprint density at radius 3 is 2.60 bits per heavy atom. The third-order valence-corrected chi connectivity index (χ3v) is 2.19. The van der Waals surface area contributed by atoms with Crippen LogP contribution in [0.5, 0.6) is 11.5 Å². The van der Waals surface area contributed by atoms with Gasteiger partial charge in [-0.2, -0.15) is 0 Å². The molecule has 15 heavy (non-hydrogen) atoms. The molecule has 0 bridgehead atoms. The van der Waals surface area contributed by atoms with Gasteiger partial charge in [-0.05, 0) is 0 Å². The normalized spacial score (nSPS) is 10.2. The molecule has 1 aromatic rings. The van der Waals surface area contributed by atoms with Crippen LogP contribution in [0.3, 0.4) is 0 Å². The van der Waals surface area contributed by atoms with E-state index in [4.69, 9.17) is 26.3 Å². The molecule has 0 aliphatic carbocycles. The quantitative estimate of drug-likeness (QED) is 0.784. The topological polar surface area (TPSA) is 50.7 Å². The Morgan fingerprint density at radius 1 is 1.47 bits per heavy atom. The van der Waals surface area contributed by atoms with Gasteiger partial charge in [0, 0.05) is 6.07 Å². The lowest BCUT2D eigenvalue weighted by atomic mass is 10.1. The minimum Gasteiger partial charge on any atom is -0.495 e. The first-order chi connectivity index (χ1) is 7.15. The Morgan fingerprint density at radius 2 is 2.13 bits per heavy atom. The van der Waals surface area contributed by atoms with Gasteiger partial charge in [-0.15, -0.1) is 0 Å². The van der Waals surface area contributed by atoms with Gasteiger partial charge in [0.15, 0.2) is 11.6 Å². The van der Waals surface area contributed by atoms with Crippen molar-refractivity contribution in [3.63, 3.8) is 0 Å². The van der Waals surface area contributed by atoms with Crippen LogP contribution in [0.1, 0.15) is 5.56 Å². The minimum absolute atomic E-state index is 0.00560. The van der Waals surface area contributed by atoms with Crippen molar-refractivity contribution < 1.29 is 19.1 Å². The number of ether oxygens (including phenoxy) is 2. The summed E-state index contributed by atoms with van der Waals surface area (Å²) in [6.45, 7) is -0.119. The maximum absolute atomic E-state index is 13.7. The van der Waals surface area contributed by atoms with Crippen LogP contribution < -0.4 is 15.0 Å². The van der Waals surface area contributed by atoms with E-state index in [1.807, 2.05) is 5.48 Å². The van der Waals surface area contributed by atoms with E-state index in [9.17, 15) is 4.39 Å². The molecule has 84 valence electrons. The van der Waals surface area contributed by atoms with E-state index < -0.39 is 5.82 Å². The van der Waals surface area contributed by atoms with Gasteiger partial charge in [-0.3, -0.25) is 0 Å². The van der Waals surface area contributed by atoms with Gasteiger partial charge in [0.2, 0.25) is 0 Å². The third-order valence-electron chi connectivity index (χ3n) is 1.91. The van der Waals surface area contributed by atoms with Gasteiger partial charge in [-0.1, -0.05) is 11.6 Å². The fraction of sp³-hybridized carbons (Fsp3) is 0.333. The number of hydroxylamine groups is 1. The molecule has 0 spiro atoms. The van der Waals surface area contributed by atoms with Crippen LogP contribution in [0.2, 0.25) is 5.02 Å². The smallest absolute Gasteiger partial charge is 0.173 e. The van der Waals surface area contributed by atoms with E-state index in [1.165, 1.54) is 20.3 Å². The maximum Gasteiger partial charge on any atom is 0.173 e. The van der Waals surface area contributed by atoms with Gasteiger partial charge in [0.25, 0.3) is 0 Å². The fourth-order valence-electron chi connectivity index (χ4n) is 1.24. The molecule has 0 radical (unpaired) electrons. The van der Waals surface area contributed by atoms with Crippen LogP contribution in [0.25, 0.3) is 0 Å². The highest BCUT2D eigenvalue weighted by Crippen LogP contribution is 2.36. The summed E-state index contributed by atoms with van der Waals surface area (Å²) in [6, 6.07) is 1.32. The van der Waals surface area contributed by atoms with E-state index >= 15 is 0 Å². The molecule has 0 aromatic heterocycles. The molecule has 4 nitrogen and oxygen atoms in total. The van der Waals surface area contributed by atoms with Crippen molar-refractivity contribution in [2.75, 3.05) is 14.2 Å². The molecule has 1 rings (SSSR count). The summed E-state index contributed by atoms with van der Waals surface area (Å²) in [5, 5.41) is 8.79. The van der Waals surface area contributed by atoms with Crippen LogP contribution in [0.15, 0.2) is 6.07 Å². The minimum atomic E-state index is -0.611. The Kier molecular flexibility index (Phi) is 4.14. The van der Waals surface area contributed by atoms with Gasteiger partial charge in [0.05, 0.1) is 31.4 Å². The van der Waals surface area contributed by atoms with Crippen LogP contribution in [0.4, 0.5) is 4.39 Å². The van der Waals surface area contributed by atoms with Gasteiger partial charge < -0.3 is 14.7 Å². The zero-order valence-corrected chi connectivity index (χ0v) is 9.06. The van der Waals surface area contributed by atoms with Crippen molar-refractivity contribution in [3.8, 4) is 11.5 Å². The molecule has 2 N–H and O–H groups in total. The summed E-state index contributed by atoms with van der Waals surface area (Å²) in [6.07, 6.45) is 0. The lowest BCUT2D eigenvalue weighted by Gasteiger charge is -2.13. The first-order valence-corrected chi connectivity index (χ1v) is 4.49. The molecule has 0 unspecified atom stereocenters. The van der Waals surface area contributed by atoms with Crippen molar-refractivity contribution in [1.29, 1.82) is 0 Å². The number of benzene rings is 1. The molecule has 0 heterocycles. The lowest BCUT2D eigenvalue weighted by molar-refractivity contribution is 0.158. The molecule has 0 saturated heterocycles. The molecule has 6 heteroatoms. The summed E-state index contributed by atoms with van der Waals surface area (Å²) in [4.78, 5) is 0. The molecule has 0 fully saturated rings. The van der Waals surface area contributed by atoms with Crippen molar-refractivity contribution in [3.05, 3.63) is 22.5 Å². The van der Waals surface area contributed by atoms with Crippen molar-refractivity contribution >= 4 is 11.6 Å². The summed E-state index contributed by atoms with van der Waals surface area (Å²) >= 11 is 5.84. The molecular weight excluding hydrogens is 225 g/mol. The second-order valence-corrected chi connectivity index (χ2v) is 3.13. The Bertz CT molecular complexity index is 360. The second kappa shape index (κ2) is 5.16. The first-order valence-electron chi connectivity index (χ1n) is 4.11. The molecule has 1 aromatic carbocycles. The predicted molar refractivity (Wildman–Crippen MR) is 53.1 cm³/mol. The van der Waals surface area contributed by atoms with Crippen molar-refractivity contribution in [2.45, 2.75) is 6.54 Å². The maximum atomic E-state index is 13.7. The number of rotatable bonds is 4. The van der Waals surface area contributed by atoms with Crippen molar-refractivity contribution in [1.82, 2.24) is 5.48 Å². The summed E-state index contributed by atoms with van der Waals surface area (Å²) in [5.74, 6) is -0.428. The molecule has 0 aliphatic heterocycles. The fourth-order valence-corrected chi connectivity index (χ4v) is 1.53. The number of methoxy groups -OCH3 is 2. The number of hydrogen-bond donors (Lipinski definition) is 2. The van der Waals surface area contributed by atoms with Crippen LogP contribution in [-0.2, 0) is 6.54 Å². The Hall–Kier alpha value is -1.04. The molecule has 0 amide bonds. The van der Waals surface area contributed by atoms with E-state index in [-0.39, 0.29) is 28.6 Å². The second-order valence-electron chi connectivity index (χ2n) is 2.72. The monoisotopic (exact) mass is 235 g/mol. The summed E-state index contributed by atoms with van der Waals surface area (Å²) in [7, 11) is 2.70. The molecule has 0 saturated carbocycles. The lowest BCUT2D eigenvalue weighted by Crippen LogP contribution is -2.10. The molecular formula is C9H11ClFNO3. The van der Waals surface area contributed by atoms with E-state index in [0.717, 1.165) is 0 Å². The van der Waals surface area contributed by atoms with E-state index in [2.05, 4.69) is 0 Å². The average Bonchev–Trinajstić information content (AvgIpc) is 2.23. The Labute approximate surface area is 91.5 Å². The zero-order valence-electron chi connectivity index (χ0n) is 8.30. The largest absolute Gasteiger partial charge is 0.495 e. The highest BCUT2D eigenvalue weighted by atomic mass is 35.5. The SMILES string of the molecule is COc1cc(Cl)c(OC)c(CNO)c1F. The first kappa shape index (κ1) is 12.0. The number of halogens is 2. The highest BCUT2D eigenvalue weighted by Gasteiger charge is 2.18. The Balaban J connectivity index is 3.33. The average molecular weight is 236 g/mol. The number of nitrogens with one attached hydrogen (secondary N) is 1. The van der Waals surface area contributed by atoms with E-state index in [0.29, 0.717) is 0 Å². The van der Waals surface area contributed by atoms with Crippen molar-refractivity contribution in [2.24, 2.45) is 0 Å². The molecule has 0 atom stereocenters. The standard InChI is InChI=1S/C9H11ClFNO3/c1-14-7-3-6(10)9(15-2)5(4-12-13)8(7)11/h3,12-13H,4H2,1-2H3. The van der Waals surface area contributed by atoms with Crippen LogP contribution in [-0.4, -0.2) is 19.4 Å². The van der Waals surface area contributed by atoms with Gasteiger partial charge in [0.1, 0.15) is 5.75 Å². The van der Waals surface area contributed by atoms with Crippen LogP contribution >= 0.6 is 11.6 Å². The molecule has 0 aliphatic rings. The van der Waals surface area contributed by atoms with Gasteiger partial charge >= 0.3 is 0 Å². The highest BCUT2D eigenvalue weighted by molar-refractivity contribution is 6.32. The van der Waals surface area contributed by atoms with E-state index in [1.54, 1.807) is 0 Å². The predicted octanol–water partition coefficient (Wildman–Crippen LogP) is 1.98. The summed E-state index contributed by atoms with van der Waals surface area (Å²) < 4.78 is 23.4. The summed E-state index contributed by atoms with van der Waals surface area (Å²) in [5.41, 5.74) is 1.96. The van der Waals surface area contributed by atoms with Gasteiger partial charge in [-0.25, -0.2) is 9.87 Å². The third kappa shape index (κ3) is 2.31. The number of hydrogen-bond acceptors (Lipinski definition) is 4. The zero-order chi connectivity index (χ0) is 11.4.